The molecule has 1 fully saturated rings. The average molecular weight is 226 g/mol. The molecule has 2 unspecified atom stereocenters. The zero-order valence-corrected chi connectivity index (χ0v) is 9.83. The van der Waals surface area contributed by atoms with Crippen molar-refractivity contribution in [2.45, 2.75) is 38.3 Å². The summed E-state index contributed by atoms with van der Waals surface area (Å²) in [5.41, 5.74) is 0. The Kier molecular flexibility index (Phi) is 3.72. The van der Waals surface area contributed by atoms with Crippen molar-refractivity contribution in [3.63, 3.8) is 0 Å². The maximum atomic E-state index is 9.00. The van der Waals surface area contributed by atoms with Gasteiger partial charge in [-0.3, -0.25) is 0 Å². The first-order valence-corrected chi connectivity index (χ1v) is 6.45. The molecule has 1 aromatic heterocycles. The summed E-state index contributed by atoms with van der Waals surface area (Å²) in [6, 6.07) is 0.774. The molecule has 2 rings (SSSR count). The van der Waals surface area contributed by atoms with Crippen LogP contribution in [0.25, 0.3) is 0 Å². The van der Waals surface area contributed by atoms with Crippen molar-refractivity contribution in [1.29, 1.82) is 0 Å². The summed E-state index contributed by atoms with van der Waals surface area (Å²) in [6.07, 6.45) is 5.32. The molecule has 1 aliphatic rings. The third-order valence-corrected chi connectivity index (χ3v) is 3.88. The Hall–Kier alpha value is -0.450. The van der Waals surface area contributed by atoms with Gasteiger partial charge in [-0.05, 0) is 32.1 Å². The second-order valence-corrected chi connectivity index (χ2v) is 5.14. The third-order valence-electron chi connectivity index (χ3n) is 2.92. The highest BCUT2D eigenvalue weighted by Gasteiger charge is 2.31. The monoisotopic (exact) mass is 226 g/mol. The minimum atomic E-state index is 0.277. The van der Waals surface area contributed by atoms with Gasteiger partial charge in [-0.2, -0.15) is 0 Å². The zero-order chi connectivity index (χ0) is 10.7. The lowest BCUT2D eigenvalue weighted by Crippen LogP contribution is -2.34. The molecule has 1 heterocycles. The van der Waals surface area contributed by atoms with E-state index in [2.05, 4.69) is 17.2 Å². The van der Waals surface area contributed by atoms with Crippen molar-refractivity contribution in [2.75, 3.05) is 6.61 Å². The SMILES string of the molecule is CC(NC(CCO)C1CC1)c1nccs1. The van der Waals surface area contributed by atoms with Crippen LogP contribution >= 0.6 is 11.3 Å². The van der Waals surface area contributed by atoms with E-state index in [0.29, 0.717) is 12.1 Å². The van der Waals surface area contributed by atoms with Gasteiger partial charge in [-0.15, -0.1) is 11.3 Å². The van der Waals surface area contributed by atoms with E-state index in [-0.39, 0.29) is 6.61 Å². The maximum absolute atomic E-state index is 9.00. The molecule has 0 aromatic carbocycles. The van der Waals surface area contributed by atoms with Crippen LogP contribution in [0.3, 0.4) is 0 Å². The van der Waals surface area contributed by atoms with Gasteiger partial charge in [0.15, 0.2) is 0 Å². The van der Waals surface area contributed by atoms with Gasteiger partial charge in [0.2, 0.25) is 0 Å². The van der Waals surface area contributed by atoms with Gasteiger partial charge in [0, 0.05) is 24.2 Å². The Morgan fingerprint density at radius 3 is 3.00 bits per heavy atom. The van der Waals surface area contributed by atoms with Crippen LogP contribution in [0.5, 0.6) is 0 Å². The van der Waals surface area contributed by atoms with E-state index < -0.39 is 0 Å². The lowest BCUT2D eigenvalue weighted by molar-refractivity contribution is 0.250. The fraction of sp³-hybridized carbons (Fsp3) is 0.727. The van der Waals surface area contributed by atoms with Crippen LogP contribution in [-0.2, 0) is 0 Å². The predicted octanol–water partition coefficient (Wildman–Crippen LogP) is 1.95. The zero-order valence-electron chi connectivity index (χ0n) is 9.02. The average Bonchev–Trinajstić information content (AvgIpc) is 2.92. The molecule has 0 saturated heterocycles. The van der Waals surface area contributed by atoms with Crippen LogP contribution in [0.1, 0.15) is 37.2 Å². The topological polar surface area (TPSA) is 45.1 Å². The number of aromatic nitrogens is 1. The molecule has 1 aromatic rings. The molecular weight excluding hydrogens is 208 g/mol. The number of nitrogens with one attached hydrogen (secondary N) is 1. The van der Waals surface area contributed by atoms with Crippen molar-refractivity contribution < 1.29 is 5.11 Å². The smallest absolute Gasteiger partial charge is 0.109 e. The molecule has 1 aliphatic carbocycles. The highest BCUT2D eigenvalue weighted by molar-refractivity contribution is 7.09. The number of rotatable bonds is 6. The van der Waals surface area contributed by atoms with Crippen molar-refractivity contribution in [2.24, 2.45) is 5.92 Å². The largest absolute Gasteiger partial charge is 0.396 e. The van der Waals surface area contributed by atoms with Crippen molar-refractivity contribution in [3.8, 4) is 0 Å². The Morgan fingerprint density at radius 2 is 2.47 bits per heavy atom. The number of thiazole rings is 1. The fourth-order valence-electron chi connectivity index (χ4n) is 1.93. The Labute approximate surface area is 94.5 Å². The maximum Gasteiger partial charge on any atom is 0.109 e. The quantitative estimate of drug-likeness (QED) is 0.779. The van der Waals surface area contributed by atoms with Gasteiger partial charge in [-0.1, -0.05) is 0 Å². The van der Waals surface area contributed by atoms with E-state index in [9.17, 15) is 0 Å². The minimum absolute atomic E-state index is 0.277. The summed E-state index contributed by atoms with van der Waals surface area (Å²) < 4.78 is 0. The predicted molar refractivity (Wildman–Crippen MR) is 61.9 cm³/mol. The van der Waals surface area contributed by atoms with Crippen LogP contribution in [0.15, 0.2) is 11.6 Å². The number of aliphatic hydroxyl groups is 1. The highest BCUT2D eigenvalue weighted by atomic mass is 32.1. The standard InChI is InChI=1S/C11H18N2OS/c1-8(11-12-5-7-15-11)13-10(4-6-14)9-2-3-9/h5,7-10,13-14H,2-4,6H2,1H3. The van der Waals surface area contributed by atoms with Gasteiger partial charge in [0.05, 0.1) is 6.04 Å². The van der Waals surface area contributed by atoms with E-state index in [1.54, 1.807) is 11.3 Å². The molecular formula is C11H18N2OS. The third kappa shape index (κ3) is 3.00. The van der Waals surface area contributed by atoms with E-state index in [1.165, 1.54) is 12.8 Å². The summed E-state index contributed by atoms with van der Waals surface area (Å²) in [6.45, 7) is 2.42. The Morgan fingerprint density at radius 1 is 1.67 bits per heavy atom. The molecule has 3 nitrogen and oxygen atoms in total. The molecule has 15 heavy (non-hydrogen) atoms. The molecule has 0 bridgehead atoms. The minimum Gasteiger partial charge on any atom is -0.396 e. The lowest BCUT2D eigenvalue weighted by Gasteiger charge is -2.21. The molecule has 0 amide bonds. The van der Waals surface area contributed by atoms with Crippen LogP contribution in [0.4, 0.5) is 0 Å². The molecule has 2 atom stereocenters. The van der Waals surface area contributed by atoms with E-state index >= 15 is 0 Å². The first kappa shape index (κ1) is 11.0. The summed E-state index contributed by atoms with van der Waals surface area (Å²) in [4.78, 5) is 4.30. The molecule has 1 saturated carbocycles. The second-order valence-electron chi connectivity index (χ2n) is 4.21. The van der Waals surface area contributed by atoms with Crippen LogP contribution < -0.4 is 5.32 Å². The Balaban J connectivity index is 1.88. The number of hydrogen-bond acceptors (Lipinski definition) is 4. The van der Waals surface area contributed by atoms with Gasteiger partial charge < -0.3 is 10.4 Å². The van der Waals surface area contributed by atoms with E-state index in [4.69, 9.17) is 5.11 Å². The molecule has 84 valence electrons. The van der Waals surface area contributed by atoms with E-state index in [0.717, 1.165) is 17.3 Å². The number of hydrogen-bond donors (Lipinski definition) is 2. The molecule has 0 spiro atoms. The number of nitrogens with zero attached hydrogens (tertiary/aromatic N) is 1. The number of aliphatic hydroxyl groups excluding tert-OH is 1. The van der Waals surface area contributed by atoms with Gasteiger partial charge in [0.1, 0.15) is 5.01 Å². The van der Waals surface area contributed by atoms with Gasteiger partial charge in [-0.25, -0.2) is 4.98 Å². The van der Waals surface area contributed by atoms with Crippen LogP contribution in [0, 0.1) is 5.92 Å². The molecule has 2 N–H and O–H groups in total. The van der Waals surface area contributed by atoms with Crippen molar-refractivity contribution in [1.82, 2.24) is 10.3 Å². The Bertz CT molecular complexity index is 285. The molecule has 4 heteroatoms. The van der Waals surface area contributed by atoms with Crippen molar-refractivity contribution >= 4 is 11.3 Å². The van der Waals surface area contributed by atoms with Crippen LogP contribution in [-0.4, -0.2) is 22.7 Å². The lowest BCUT2D eigenvalue weighted by atomic mass is 10.1. The normalized spacial score (nSPS) is 20.1. The summed E-state index contributed by atoms with van der Waals surface area (Å²) in [5, 5.41) is 15.7. The first-order valence-electron chi connectivity index (χ1n) is 5.57. The van der Waals surface area contributed by atoms with Crippen molar-refractivity contribution in [3.05, 3.63) is 16.6 Å². The fourth-order valence-corrected chi connectivity index (χ4v) is 2.59. The molecule has 0 aliphatic heterocycles. The van der Waals surface area contributed by atoms with Gasteiger partial charge >= 0.3 is 0 Å². The summed E-state index contributed by atoms with van der Waals surface area (Å²) in [7, 11) is 0. The van der Waals surface area contributed by atoms with E-state index in [1.807, 2.05) is 11.6 Å². The first-order chi connectivity index (χ1) is 7.31. The second kappa shape index (κ2) is 5.05. The van der Waals surface area contributed by atoms with Crippen LogP contribution in [0.2, 0.25) is 0 Å². The highest BCUT2D eigenvalue weighted by Crippen LogP contribution is 2.35. The molecule has 0 radical (unpaired) electrons. The van der Waals surface area contributed by atoms with Gasteiger partial charge in [0.25, 0.3) is 0 Å². The summed E-state index contributed by atoms with van der Waals surface area (Å²) in [5.74, 6) is 0.777. The summed E-state index contributed by atoms with van der Waals surface area (Å²) >= 11 is 1.69.